The molecule has 3 aliphatic rings. The van der Waals surface area contributed by atoms with E-state index in [1.165, 1.54) is 0 Å². The number of hydrogen-bond donors (Lipinski definition) is 3. The van der Waals surface area contributed by atoms with Crippen LogP contribution in [0.3, 0.4) is 0 Å². The first-order valence-corrected chi connectivity index (χ1v) is 9.49. The van der Waals surface area contributed by atoms with E-state index in [9.17, 15) is 4.79 Å². The van der Waals surface area contributed by atoms with E-state index >= 15 is 0 Å². The molecule has 1 saturated heterocycles. The smallest absolute Gasteiger partial charge is 0.407 e. The maximum Gasteiger partial charge on any atom is 0.407 e. The molecule has 7 nitrogen and oxygen atoms in total. The van der Waals surface area contributed by atoms with Gasteiger partial charge in [-0.1, -0.05) is 13.8 Å². The Morgan fingerprint density at radius 1 is 1.36 bits per heavy atom. The average molecular weight is 352 g/mol. The van der Waals surface area contributed by atoms with Crippen molar-refractivity contribution in [1.29, 1.82) is 0 Å². The van der Waals surface area contributed by atoms with Gasteiger partial charge in [-0.2, -0.15) is 0 Å². The molecule has 4 atom stereocenters. The fourth-order valence-corrected chi connectivity index (χ4v) is 4.32. The third-order valence-corrected chi connectivity index (χ3v) is 5.88. The van der Waals surface area contributed by atoms with Crippen molar-refractivity contribution in [3.8, 4) is 0 Å². The van der Waals surface area contributed by atoms with Gasteiger partial charge in [-0.25, -0.2) is 4.79 Å². The van der Waals surface area contributed by atoms with E-state index in [1.807, 2.05) is 6.92 Å². The fourth-order valence-electron chi connectivity index (χ4n) is 4.32. The Morgan fingerprint density at radius 3 is 2.76 bits per heavy atom. The first kappa shape index (κ1) is 18.3. The Balaban J connectivity index is 1.51. The molecule has 2 aliphatic carbocycles. The Labute approximate surface area is 150 Å². The summed E-state index contributed by atoms with van der Waals surface area (Å²) in [6.45, 7) is 8.22. The minimum Gasteiger partial charge on any atom is -0.450 e. The van der Waals surface area contributed by atoms with Crippen LogP contribution in [0.4, 0.5) is 4.79 Å². The third kappa shape index (κ3) is 3.86. The molecule has 0 radical (unpaired) electrons. The van der Waals surface area contributed by atoms with Gasteiger partial charge in [0, 0.05) is 37.6 Å². The van der Waals surface area contributed by atoms with Crippen molar-refractivity contribution in [3.05, 3.63) is 0 Å². The average Bonchev–Trinajstić information content (AvgIpc) is 3.32. The minimum atomic E-state index is -0.338. The van der Waals surface area contributed by atoms with Crippen molar-refractivity contribution >= 4 is 12.1 Å². The molecule has 7 heteroatoms. The van der Waals surface area contributed by atoms with Crippen LogP contribution in [0.2, 0.25) is 0 Å². The number of carbonyl (C=O) groups is 1. The Morgan fingerprint density at radius 2 is 2.12 bits per heavy atom. The van der Waals surface area contributed by atoms with Gasteiger partial charge in [-0.3, -0.25) is 4.99 Å². The number of nitrogens with zero attached hydrogens (tertiary/aromatic N) is 1. The molecule has 1 amide bonds. The molecule has 1 aliphatic heterocycles. The quantitative estimate of drug-likeness (QED) is 0.498. The lowest BCUT2D eigenvalue weighted by Gasteiger charge is -2.54. The van der Waals surface area contributed by atoms with E-state index in [4.69, 9.17) is 9.47 Å². The molecular formula is C18H32N4O3. The highest BCUT2D eigenvalue weighted by atomic mass is 16.5. The highest BCUT2D eigenvalue weighted by Crippen LogP contribution is 2.52. The maximum absolute atomic E-state index is 11.7. The second-order valence-electron chi connectivity index (χ2n) is 7.95. The van der Waals surface area contributed by atoms with E-state index < -0.39 is 0 Å². The molecule has 0 spiro atoms. The highest BCUT2D eigenvalue weighted by molar-refractivity contribution is 5.80. The van der Waals surface area contributed by atoms with Crippen molar-refractivity contribution in [1.82, 2.24) is 16.0 Å². The van der Waals surface area contributed by atoms with Crippen molar-refractivity contribution < 1.29 is 14.3 Å². The maximum atomic E-state index is 11.7. The summed E-state index contributed by atoms with van der Waals surface area (Å²) in [6, 6.07) is 0.443. The predicted molar refractivity (Wildman–Crippen MR) is 96.6 cm³/mol. The van der Waals surface area contributed by atoms with Crippen LogP contribution in [0.1, 0.15) is 40.0 Å². The van der Waals surface area contributed by atoms with Gasteiger partial charge in [0.25, 0.3) is 0 Å². The van der Waals surface area contributed by atoms with Crippen LogP contribution in [0.15, 0.2) is 4.99 Å². The number of hydrogen-bond acceptors (Lipinski definition) is 4. The lowest BCUT2D eigenvalue weighted by molar-refractivity contribution is -0.106. The second-order valence-corrected chi connectivity index (χ2v) is 7.95. The van der Waals surface area contributed by atoms with E-state index in [0.29, 0.717) is 37.1 Å². The minimum absolute atomic E-state index is 0.0783. The number of ether oxygens (including phenoxy) is 2. The summed E-state index contributed by atoms with van der Waals surface area (Å²) in [4.78, 5) is 16.1. The van der Waals surface area contributed by atoms with E-state index in [2.05, 4.69) is 34.8 Å². The van der Waals surface area contributed by atoms with Gasteiger partial charge in [0.05, 0.1) is 18.8 Å². The topological polar surface area (TPSA) is 84.0 Å². The summed E-state index contributed by atoms with van der Waals surface area (Å²) >= 11 is 0. The number of alkyl carbamates (subject to hydrolysis) is 1. The van der Waals surface area contributed by atoms with E-state index in [-0.39, 0.29) is 17.6 Å². The van der Waals surface area contributed by atoms with Gasteiger partial charge in [0.2, 0.25) is 0 Å². The number of guanidine groups is 1. The molecular weight excluding hydrogens is 320 g/mol. The van der Waals surface area contributed by atoms with Crippen LogP contribution in [0.25, 0.3) is 0 Å². The zero-order valence-corrected chi connectivity index (χ0v) is 15.8. The fraction of sp³-hybridized carbons (Fsp3) is 0.889. The first-order valence-electron chi connectivity index (χ1n) is 9.49. The first-order chi connectivity index (χ1) is 12.0. The molecule has 2 saturated carbocycles. The molecule has 1 heterocycles. The lowest BCUT2D eigenvalue weighted by atomic mass is 9.57. The number of fused-ring (bicyclic) bond motifs is 1. The lowest BCUT2D eigenvalue weighted by Crippen LogP contribution is -2.68. The van der Waals surface area contributed by atoms with Gasteiger partial charge in [-0.05, 0) is 32.1 Å². The van der Waals surface area contributed by atoms with E-state index in [0.717, 1.165) is 31.8 Å². The Bertz CT molecular complexity index is 518. The summed E-state index contributed by atoms with van der Waals surface area (Å²) in [5.41, 5.74) is 0.109. The molecule has 4 unspecified atom stereocenters. The zero-order valence-electron chi connectivity index (χ0n) is 15.8. The molecule has 3 N–H and O–H groups in total. The number of nitrogens with one attached hydrogen (secondary N) is 3. The van der Waals surface area contributed by atoms with Crippen LogP contribution >= 0.6 is 0 Å². The van der Waals surface area contributed by atoms with Crippen LogP contribution in [-0.4, -0.2) is 57.0 Å². The summed E-state index contributed by atoms with van der Waals surface area (Å²) < 4.78 is 10.9. The van der Waals surface area contributed by atoms with Crippen molar-refractivity contribution in [2.24, 2.45) is 22.2 Å². The van der Waals surface area contributed by atoms with Crippen LogP contribution in [0.5, 0.6) is 0 Å². The summed E-state index contributed by atoms with van der Waals surface area (Å²) in [6.07, 6.45) is 3.43. The largest absolute Gasteiger partial charge is 0.450 e. The standard InChI is InChI=1S/C18H32N4O3/c1-5-24-17(23)21-13(11-6-7-11)10-20-16(19-4)22-14-12-8-9-25-15(12)18(14,2)3/h11-15H,5-10H2,1-4H3,(H,21,23)(H2,19,20,22). The van der Waals surface area contributed by atoms with Gasteiger partial charge >= 0.3 is 6.09 Å². The zero-order chi connectivity index (χ0) is 18.0. The normalized spacial score (nSPS) is 31.5. The van der Waals surface area contributed by atoms with Crippen LogP contribution in [0, 0.1) is 17.3 Å². The van der Waals surface area contributed by atoms with Crippen molar-refractivity contribution in [2.45, 2.75) is 58.2 Å². The Kier molecular flexibility index (Phi) is 5.41. The molecule has 3 fully saturated rings. The van der Waals surface area contributed by atoms with Gasteiger partial charge < -0.3 is 25.4 Å². The third-order valence-electron chi connectivity index (χ3n) is 5.88. The van der Waals surface area contributed by atoms with Crippen molar-refractivity contribution in [2.75, 3.05) is 26.8 Å². The van der Waals surface area contributed by atoms with E-state index in [1.54, 1.807) is 7.05 Å². The summed E-state index contributed by atoms with van der Waals surface area (Å²) in [5.74, 6) is 1.88. The second kappa shape index (κ2) is 7.40. The molecule has 25 heavy (non-hydrogen) atoms. The molecule has 0 aromatic heterocycles. The molecule has 0 aromatic carbocycles. The van der Waals surface area contributed by atoms with Gasteiger partial charge in [0.15, 0.2) is 5.96 Å². The van der Waals surface area contributed by atoms with Crippen LogP contribution in [-0.2, 0) is 9.47 Å². The van der Waals surface area contributed by atoms with Gasteiger partial charge in [0.1, 0.15) is 0 Å². The summed E-state index contributed by atoms with van der Waals surface area (Å²) in [7, 11) is 1.79. The number of amides is 1. The number of carbonyl (C=O) groups excluding carboxylic acids is 1. The Hall–Kier alpha value is -1.50. The number of rotatable bonds is 6. The predicted octanol–water partition coefficient (Wildman–Crippen LogP) is 1.49. The SMILES string of the molecule is CCOC(=O)NC(CNC(=NC)NC1C2CCOC2C1(C)C)C1CC1. The molecule has 0 bridgehead atoms. The van der Waals surface area contributed by atoms with Crippen LogP contribution < -0.4 is 16.0 Å². The number of aliphatic imine (C=N–C) groups is 1. The molecule has 0 aromatic rings. The molecule has 142 valence electrons. The van der Waals surface area contributed by atoms with Crippen molar-refractivity contribution in [3.63, 3.8) is 0 Å². The van der Waals surface area contributed by atoms with Gasteiger partial charge in [-0.15, -0.1) is 0 Å². The summed E-state index contributed by atoms with van der Waals surface area (Å²) in [5, 5.41) is 9.92. The molecule has 3 rings (SSSR count). The monoisotopic (exact) mass is 352 g/mol. The highest BCUT2D eigenvalue weighted by Gasteiger charge is 2.59.